The molecule has 0 fully saturated rings. The molecule has 14 heavy (non-hydrogen) atoms. The number of carbonyl (C=O) groups is 1. The Labute approximate surface area is 81.9 Å². The molecule has 1 heterocycles. The molecule has 1 aromatic carbocycles. The van der Waals surface area contributed by atoms with Crippen LogP contribution in [0.2, 0.25) is 0 Å². The van der Waals surface area contributed by atoms with Gasteiger partial charge in [-0.1, -0.05) is 18.2 Å². The van der Waals surface area contributed by atoms with Crippen LogP contribution in [0.1, 0.15) is 18.1 Å². The van der Waals surface area contributed by atoms with E-state index in [4.69, 9.17) is 9.78 Å². The Morgan fingerprint density at radius 1 is 1.50 bits per heavy atom. The van der Waals surface area contributed by atoms with Crippen LogP contribution in [0.25, 0.3) is 6.08 Å². The van der Waals surface area contributed by atoms with Crippen LogP contribution in [0.3, 0.4) is 0 Å². The van der Waals surface area contributed by atoms with E-state index in [2.05, 4.69) is 0 Å². The van der Waals surface area contributed by atoms with Gasteiger partial charge in [0, 0.05) is 5.56 Å². The fourth-order valence-corrected chi connectivity index (χ4v) is 1.24. The number of hydrogen-bond donors (Lipinski definition) is 0. The van der Waals surface area contributed by atoms with Crippen LogP contribution < -0.4 is 4.89 Å². The maximum Gasteiger partial charge on any atom is 0.171 e. The lowest BCUT2D eigenvalue weighted by atomic mass is 10.1. The van der Waals surface area contributed by atoms with Crippen LogP contribution in [0, 0.1) is 0 Å². The van der Waals surface area contributed by atoms with E-state index in [0.29, 0.717) is 6.61 Å². The van der Waals surface area contributed by atoms with Crippen molar-refractivity contribution in [1.82, 2.24) is 0 Å². The molecule has 0 N–H and O–H groups in total. The summed E-state index contributed by atoms with van der Waals surface area (Å²) >= 11 is 0. The first-order valence-electron chi connectivity index (χ1n) is 4.37. The highest BCUT2D eigenvalue weighted by atomic mass is 17.2. The predicted octanol–water partition coefficient (Wildman–Crippen LogP) is 2.11. The SMILES string of the molecule is CC(=O)/C=C/c1ccc2c(c1)OOC2. The molecule has 72 valence electrons. The van der Waals surface area contributed by atoms with Crippen molar-refractivity contribution in [2.75, 3.05) is 0 Å². The normalized spacial score (nSPS) is 14.1. The lowest BCUT2D eigenvalue weighted by Crippen LogP contribution is -1.83. The molecule has 2 rings (SSSR count). The van der Waals surface area contributed by atoms with Gasteiger partial charge in [0.2, 0.25) is 0 Å². The summed E-state index contributed by atoms with van der Waals surface area (Å²) in [4.78, 5) is 20.4. The Bertz CT molecular complexity index is 394. The van der Waals surface area contributed by atoms with E-state index in [1.54, 1.807) is 6.08 Å². The second-order valence-corrected chi connectivity index (χ2v) is 3.16. The van der Waals surface area contributed by atoms with Crippen molar-refractivity contribution in [3.63, 3.8) is 0 Å². The summed E-state index contributed by atoms with van der Waals surface area (Å²) in [7, 11) is 0. The van der Waals surface area contributed by atoms with Gasteiger partial charge in [-0.05, 0) is 24.6 Å². The van der Waals surface area contributed by atoms with E-state index in [1.807, 2.05) is 18.2 Å². The molecule has 0 amide bonds. The molecule has 0 aliphatic carbocycles. The molecule has 0 bridgehead atoms. The smallest absolute Gasteiger partial charge is 0.171 e. The average Bonchev–Trinajstić information content (AvgIpc) is 2.61. The highest BCUT2D eigenvalue weighted by Gasteiger charge is 2.12. The van der Waals surface area contributed by atoms with Crippen LogP contribution in [0.4, 0.5) is 0 Å². The third-order valence-corrected chi connectivity index (χ3v) is 1.96. The fraction of sp³-hybridized carbons (Fsp3) is 0.182. The molecule has 0 atom stereocenters. The third-order valence-electron chi connectivity index (χ3n) is 1.96. The number of hydrogen-bond acceptors (Lipinski definition) is 3. The van der Waals surface area contributed by atoms with Crippen molar-refractivity contribution >= 4 is 11.9 Å². The average molecular weight is 190 g/mol. The Hall–Kier alpha value is -1.61. The maximum atomic E-state index is 10.7. The first-order chi connectivity index (χ1) is 6.75. The Morgan fingerprint density at radius 2 is 2.36 bits per heavy atom. The quantitative estimate of drug-likeness (QED) is 0.529. The summed E-state index contributed by atoms with van der Waals surface area (Å²) < 4.78 is 0. The van der Waals surface area contributed by atoms with Crippen LogP contribution >= 0.6 is 0 Å². The van der Waals surface area contributed by atoms with Crippen LogP contribution in [-0.2, 0) is 16.3 Å². The minimum atomic E-state index is 0.0302. The van der Waals surface area contributed by atoms with Gasteiger partial charge in [0.1, 0.15) is 6.61 Å². The van der Waals surface area contributed by atoms with E-state index in [1.165, 1.54) is 13.0 Å². The summed E-state index contributed by atoms with van der Waals surface area (Å²) in [5, 5.41) is 0. The summed E-state index contributed by atoms with van der Waals surface area (Å²) in [5.74, 6) is 0.762. The van der Waals surface area contributed by atoms with E-state index in [-0.39, 0.29) is 5.78 Å². The van der Waals surface area contributed by atoms with Gasteiger partial charge in [-0.15, -0.1) is 0 Å². The maximum absolute atomic E-state index is 10.7. The van der Waals surface area contributed by atoms with Crippen molar-refractivity contribution in [3.8, 4) is 5.75 Å². The molecule has 0 radical (unpaired) electrons. The van der Waals surface area contributed by atoms with Crippen molar-refractivity contribution in [1.29, 1.82) is 0 Å². The number of allylic oxidation sites excluding steroid dienone is 1. The van der Waals surface area contributed by atoms with E-state index >= 15 is 0 Å². The van der Waals surface area contributed by atoms with Gasteiger partial charge in [-0.2, -0.15) is 4.89 Å². The largest absolute Gasteiger partial charge is 0.337 e. The lowest BCUT2D eigenvalue weighted by Gasteiger charge is -1.96. The molecule has 0 spiro atoms. The number of benzene rings is 1. The number of ketones is 1. The van der Waals surface area contributed by atoms with Crippen LogP contribution in [0.5, 0.6) is 5.75 Å². The number of carbonyl (C=O) groups excluding carboxylic acids is 1. The van der Waals surface area contributed by atoms with Crippen LogP contribution in [0.15, 0.2) is 24.3 Å². The molecule has 3 nitrogen and oxygen atoms in total. The molecule has 3 heteroatoms. The van der Waals surface area contributed by atoms with E-state index < -0.39 is 0 Å². The van der Waals surface area contributed by atoms with E-state index in [0.717, 1.165) is 16.9 Å². The van der Waals surface area contributed by atoms with Gasteiger partial charge >= 0.3 is 0 Å². The monoisotopic (exact) mass is 190 g/mol. The fourth-order valence-electron chi connectivity index (χ4n) is 1.24. The zero-order valence-electron chi connectivity index (χ0n) is 7.82. The first-order valence-corrected chi connectivity index (χ1v) is 4.37. The van der Waals surface area contributed by atoms with Crippen molar-refractivity contribution < 1.29 is 14.6 Å². The molecule has 1 aromatic rings. The number of fused-ring (bicyclic) bond motifs is 1. The molecule has 0 aromatic heterocycles. The van der Waals surface area contributed by atoms with Crippen LogP contribution in [-0.4, -0.2) is 5.78 Å². The van der Waals surface area contributed by atoms with Gasteiger partial charge in [-0.25, -0.2) is 0 Å². The lowest BCUT2D eigenvalue weighted by molar-refractivity contribution is -0.194. The molecule has 0 saturated heterocycles. The Kier molecular flexibility index (Phi) is 2.33. The molecule has 1 aliphatic heterocycles. The van der Waals surface area contributed by atoms with Crippen molar-refractivity contribution in [2.24, 2.45) is 0 Å². The minimum absolute atomic E-state index is 0.0302. The van der Waals surface area contributed by atoms with Gasteiger partial charge < -0.3 is 4.89 Å². The minimum Gasteiger partial charge on any atom is -0.337 e. The summed E-state index contributed by atoms with van der Waals surface area (Å²) in [6, 6.07) is 5.71. The summed E-state index contributed by atoms with van der Waals surface area (Å²) in [6.07, 6.45) is 3.28. The van der Waals surface area contributed by atoms with Crippen molar-refractivity contribution in [2.45, 2.75) is 13.5 Å². The second kappa shape index (κ2) is 3.64. The summed E-state index contributed by atoms with van der Waals surface area (Å²) in [6.45, 7) is 2.01. The zero-order valence-corrected chi connectivity index (χ0v) is 7.82. The molecular weight excluding hydrogens is 180 g/mol. The predicted molar refractivity (Wildman–Crippen MR) is 51.6 cm³/mol. The third kappa shape index (κ3) is 1.83. The molecule has 1 aliphatic rings. The topological polar surface area (TPSA) is 35.5 Å². The Balaban J connectivity index is 2.25. The zero-order chi connectivity index (χ0) is 9.97. The van der Waals surface area contributed by atoms with Gasteiger partial charge in [-0.3, -0.25) is 4.79 Å². The van der Waals surface area contributed by atoms with Gasteiger partial charge in [0.25, 0.3) is 0 Å². The van der Waals surface area contributed by atoms with Crippen molar-refractivity contribution in [3.05, 3.63) is 35.4 Å². The molecule has 0 unspecified atom stereocenters. The number of rotatable bonds is 2. The van der Waals surface area contributed by atoms with Gasteiger partial charge in [0.05, 0.1) is 0 Å². The standard InChI is InChI=1S/C11H10O3/c1-8(12)2-3-9-4-5-10-7-13-14-11(10)6-9/h2-6H,7H2,1H3/b3-2+. The molecule has 0 saturated carbocycles. The Morgan fingerprint density at radius 3 is 3.14 bits per heavy atom. The summed E-state index contributed by atoms with van der Waals surface area (Å²) in [5.41, 5.74) is 1.97. The highest BCUT2D eigenvalue weighted by molar-refractivity contribution is 5.91. The molecular formula is C11H10O3. The second-order valence-electron chi connectivity index (χ2n) is 3.16. The van der Waals surface area contributed by atoms with E-state index in [9.17, 15) is 4.79 Å². The highest BCUT2D eigenvalue weighted by Crippen LogP contribution is 2.27. The first kappa shape index (κ1) is 8.97. The van der Waals surface area contributed by atoms with Gasteiger partial charge in [0.15, 0.2) is 11.5 Å².